The number of thiophene rings is 1. The average Bonchev–Trinajstić information content (AvgIpc) is 2.91. The fraction of sp³-hybridized carbons (Fsp3) is 0.429. The van der Waals surface area contributed by atoms with Gasteiger partial charge in [-0.1, -0.05) is 15.9 Å². The van der Waals surface area contributed by atoms with Crippen molar-refractivity contribution < 1.29 is 19.1 Å². The predicted molar refractivity (Wildman–Crippen MR) is 85.4 cm³/mol. The first-order valence-electron chi connectivity index (χ1n) is 6.28. The molecule has 0 bridgehead atoms. The number of carbonyl (C=O) groups is 2. The third kappa shape index (κ3) is 3.29. The second-order valence-corrected chi connectivity index (χ2v) is 7.08. The van der Waals surface area contributed by atoms with Crippen LogP contribution in [0.5, 0.6) is 0 Å². The van der Waals surface area contributed by atoms with Gasteiger partial charge in [0.15, 0.2) is 0 Å². The van der Waals surface area contributed by atoms with Gasteiger partial charge < -0.3 is 9.47 Å². The van der Waals surface area contributed by atoms with Crippen LogP contribution in [0, 0.1) is 0 Å². The number of halogens is 1. The normalized spacial score (nSPS) is 11.7. The third-order valence-corrected chi connectivity index (χ3v) is 4.29. The van der Waals surface area contributed by atoms with Crippen molar-refractivity contribution in [3.05, 3.63) is 22.7 Å². The maximum absolute atomic E-state index is 12.4. The lowest BCUT2D eigenvalue weighted by Gasteiger charge is -2.20. The van der Waals surface area contributed by atoms with E-state index in [4.69, 9.17) is 9.47 Å². The van der Waals surface area contributed by atoms with Crippen molar-refractivity contribution in [3.63, 3.8) is 0 Å². The summed E-state index contributed by atoms with van der Waals surface area (Å²) in [4.78, 5) is 24.4. The molecule has 0 radical (unpaired) electrons. The lowest BCUT2D eigenvalue weighted by molar-refractivity contribution is 0.0539. The molecule has 7 heteroatoms. The Kier molecular flexibility index (Phi) is 4.43. The highest BCUT2D eigenvalue weighted by Gasteiger charge is 2.24. The van der Waals surface area contributed by atoms with Crippen molar-refractivity contribution >= 4 is 49.5 Å². The number of fused-ring (bicyclic) bond motifs is 1. The first-order valence-corrected chi connectivity index (χ1v) is 8.22. The summed E-state index contributed by atoms with van der Waals surface area (Å²) < 4.78 is 12.5. The lowest BCUT2D eigenvalue weighted by atomic mass is 10.2. The van der Waals surface area contributed by atoms with Gasteiger partial charge in [-0.3, -0.25) is 0 Å². The van der Waals surface area contributed by atoms with E-state index in [2.05, 4.69) is 15.9 Å². The highest BCUT2D eigenvalue weighted by atomic mass is 79.9. The summed E-state index contributed by atoms with van der Waals surface area (Å²) in [5.74, 6) is -0.410. The number of nitrogens with zero attached hydrogens (tertiary/aromatic N) is 1. The molecule has 2 aromatic rings. The number of carbonyl (C=O) groups excluding carboxylic acids is 2. The van der Waals surface area contributed by atoms with E-state index in [1.165, 1.54) is 23.0 Å². The monoisotopic (exact) mass is 373 g/mol. The number of alkyl halides is 1. The molecule has 0 amide bonds. The molecule has 0 aliphatic rings. The van der Waals surface area contributed by atoms with Crippen LogP contribution in [0.4, 0.5) is 4.79 Å². The molecule has 0 unspecified atom stereocenters. The molecule has 0 N–H and O–H groups in total. The second-order valence-electron chi connectivity index (χ2n) is 5.44. The van der Waals surface area contributed by atoms with Crippen LogP contribution in [-0.4, -0.2) is 29.3 Å². The van der Waals surface area contributed by atoms with Crippen LogP contribution in [0.2, 0.25) is 0 Å². The summed E-state index contributed by atoms with van der Waals surface area (Å²) in [5.41, 5.74) is 0.851. The van der Waals surface area contributed by atoms with E-state index in [9.17, 15) is 9.59 Å². The van der Waals surface area contributed by atoms with Crippen LogP contribution in [0.15, 0.2) is 12.1 Å². The van der Waals surface area contributed by atoms with E-state index in [1.807, 2.05) is 26.8 Å². The van der Waals surface area contributed by atoms with Gasteiger partial charge in [-0.2, -0.15) is 0 Å². The minimum Gasteiger partial charge on any atom is -0.465 e. The van der Waals surface area contributed by atoms with Crippen molar-refractivity contribution in [1.82, 2.24) is 4.57 Å². The van der Waals surface area contributed by atoms with E-state index in [0.29, 0.717) is 15.7 Å². The molecule has 2 heterocycles. The van der Waals surface area contributed by atoms with Gasteiger partial charge >= 0.3 is 12.1 Å². The van der Waals surface area contributed by atoms with E-state index in [-0.39, 0.29) is 0 Å². The van der Waals surface area contributed by atoms with Crippen LogP contribution in [-0.2, 0) is 14.8 Å². The fourth-order valence-electron chi connectivity index (χ4n) is 1.87. The van der Waals surface area contributed by atoms with E-state index < -0.39 is 17.7 Å². The molecule has 0 aliphatic carbocycles. The van der Waals surface area contributed by atoms with Crippen molar-refractivity contribution in [1.29, 1.82) is 0 Å². The van der Waals surface area contributed by atoms with Gasteiger partial charge in [0.1, 0.15) is 10.5 Å². The van der Waals surface area contributed by atoms with Crippen molar-refractivity contribution in [2.24, 2.45) is 0 Å². The second kappa shape index (κ2) is 5.81. The summed E-state index contributed by atoms with van der Waals surface area (Å²) in [5, 5.41) is 0.515. The summed E-state index contributed by atoms with van der Waals surface area (Å²) in [6, 6.07) is 3.52. The van der Waals surface area contributed by atoms with Gasteiger partial charge in [0, 0.05) is 11.0 Å². The topological polar surface area (TPSA) is 57.5 Å². The summed E-state index contributed by atoms with van der Waals surface area (Å²) in [6.45, 7) is 5.44. The fourth-order valence-corrected chi connectivity index (χ4v) is 3.30. The van der Waals surface area contributed by atoms with Crippen molar-refractivity contribution in [3.8, 4) is 0 Å². The minimum atomic E-state index is -0.585. The zero-order chi connectivity index (χ0) is 15.8. The van der Waals surface area contributed by atoms with E-state index in [1.54, 1.807) is 6.07 Å². The molecule has 0 fully saturated rings. The molecule has 0 saturated heterocycles. The number of ether oxygens (including phenoxy) is 2. The molecule has 2 aromatic heterocycles. The maximum Gasteiger partial charge on any atom is 0.419 e. The van der Waals surface area contributed by atoms with Crippen LogP contribution < -0.4 is 0 Å². The third-order valence-electron chi connectivity index (χ3n) is 2.67. The molecule has 0 atom stereocenters. The molecule has 114 valence electrons. The molecule has 0 aliphatic heterocycles. The number of hydrogen-bond acceptors (Lipinski definition) is 5. The quantitative estimate of drug-likeness (QED) is 0.585. The Morgan fingerprint density at radius 3 is 2.52 bits per heavy atom. The minimum absolute atomic E-state index is 0.410. The SMILES string of the molecule is COC(=O)c1cc2c(cc(CBr)n2C(=O)OC(C)(C)C)s1. The molecule has 21 heavy (non-hydrogen) atoms. The Labute approximate surface area is 135 Å². The Bertz CT molecular complexity index is 696. The number of hydrogen-bond donors (Lipinski definition) is 0. The van der Waals surface area contributed by atoms with Crippen molar-refractivity contribution in [2.45, 2.75) is 31.7 Å². The van der Waals surface area contributed by atoms with Crippen LogP contribution in [0.3, 0.4) is 0 Å². The first-order chi connectivity index (χ1) is 9.76. The van der Waals surface area contributed by atoms with Crippen molar-refractivity contribution in [2.75, 3.05) is 7.11 Å². The first kappa shape index (κ1) is 16.0. The number of esters is 1. The number of aromatic nitrogens is 1. The van der Waals surface area contributed by atoms with Gasteiger partial charge in [-0.05, 0) is 32.9 Å². The van der Waals surface area contributed by atoms with Crippen LogP contribution in [0.25, 0.3) is 10.2 Å². The molecule has 2 rings (SSSR count). The molecule has 0 aromatic carbocycles. The zero-order valence-electron chi connectivity index (χ0n) is 12.2. The average molecular weight is 374 g/mol. The molecule has 5 nitrogen and oxygen atoms in total. The Morgan fingerprint density at radius 1 is 1.33 bits per heavy atom. The Hall–Kier alpha value is -1.34. The maximum atomic E-state index is 12.4. The predicted octanol–water partition coefficient (Wildman–Crippen LogP) is 4.17. The molecule has 0 spiro atoms. The Morgan fingerprint density at radius 2 is 2.00 bits per heavy atom. The largest absolute Gasteiger partial charge is 0.465 e. The van der Waals surface area contributed by atoms with Crippen LogP contribution in [0.1, 0.15) is 36.1 Å². The van der Waals surface area contributed by atoms with E-state index >= 15 is 0 Å². The van der Waals surface area contributed by atoms with Gasteiger partial charge in [-0.25, -0.2) is 14.2 Å². The Balaban J connectivity index is 2.51. The molecule has 0 saturated carbocycles. The summed E-state index contributed by atoms with van der Waals surface area (Å²) in [6.07, 6.45) is -0.457. The smallest absolute Gasteiger partial charge is 0.419 e. The van der Waals surface area contributed by atoms with Gasteiger partial charge in [-0.15, -0.1) is 11.3 Å². The van der Waals surface area contributed by atoms with Crippen LogP contribution >= 0.6 is 27.3 Å². The lowest BCUT2D eigenvalue weighted by Crippen LogP contribution is -2.27. The molecular weight excluding hydrogens is 358 g/mol. The number of methoxy groups -OCH3 is 1. The van der Waals surface area contributed by atoms with Gasteiger partial charge in [0.2, 0.25) is 0 Å². The van der Waals surface area contributed by atoms with Gasteiger partial charge in [0.05, 0.1) is 17.3 Å². The summed E-state index contributed by atoms with van der Waals surface area (Å²) >= 11 is 4.66. The van der Waals surface area contributed by atoms with E-state index in [0.717, 1.165) is 10.4 Å². The summed E-state index contributed by atoms with van der Waals surface area (Å²) in [7, 11) is 1.33. The number of rotatable bonds is 2. The highest BCUT2D eigenvalue weighted by Crippen LogP contribution is 2.31. The van der Waals surface area contributed by atoms with Gasteiger partial charge in [0.25, 0.3) is 0 Å². The zero-order valence-corrected chi connectivity index (χ0v) is 14.6. The highest BCUT2D eigenvalue weighted by molar-refractivity contribution is 9.08. The molecular formula is C14H16BrNO4S. The standard InChI is InChI=1S/C14H16BrNO4S/c1-14(2,3)20-13(18)16-8(7-15)5-10-9(16)6-11(21-10)12(17)19-4/h5-6H,7H2,1-4H3.